The highest BCUT2D eigenvalue weighted by molar-refractivity contribution is 6.05. The topological polar surface area (TPSA) is 46.6 Å². The summed E-state index contributed by atoms with van der Waals surface area (Å²) in [6, 6.07) is 13.1. The molecule has 1 aliphatic heterocycles. The highest BCUT2D eigenvalue weighted by Crippen LogP contribution is 2.29. The lowest BCUT2D eigenvalue weighted by Gasteiger charge is -2.13. The van der Waals surface area contributed by atoms with Gasteiger partial charge < -0.3 is 4.74 Å². The van der Waals surface area contributed by atoms with Crippen molar-refractivity contribution in [1.82, 2.24) is 4.90 Å². The van der Waals surface area contributed by atoms with Gasteiger partial charge in [0.15, 0.2) is 5.78 Å². The molecule has 0 radical (unpaired) electrons. The Morgan fingerprint density at radius 1 is 1.08 bits per heavy atom. The van der Waals surface area contributed by atoms with Gasteiger partial charge in [0.2, 0.25) is 0 Å². The van der Waals surface area contributed by atoms with Crippen LogP contribution in [0.2, 0.25) is 0 Å². The molecule has 4 nitrogen and oxygen atoms in total. The molecule has 0 saturated carbocycles. The number of ketones is 1. The van der Waals surface area contributed by atoms with Gasteiger partial charge in [-0.2, -0.15) is 13.2 Å². The molecule has 1 fully saturated rings. The van der Waals surface area contributed by atoms with Gasteiger partial charge in [-0.05, 0) is 17.7 Å². The molecule has 0 aromatic heterocycles. The predicted octanol–water partition coefficient (Wildman–Crippen LogP) is 4.42. The van der Waals surface area contributed by atoms with Crippen LogP contribution in [0.1, 0.15) is 21.5 Å². The first-order chi connectivity index (χ1) is 12.3. The summed E-state index contributed by atoms with van der Waals surface area (Å²) in [5.74, 6) is -0.0828. The van der Waals surface area contributed by atoms with E-state index in [9.17, 15) is 22.8 Å². The van der Waals surface area contributed by atoms with E-state index in [0.717, 1.165) is 12.1 Å². The van der Waals surface area contributed by atoms with Crippen LogP contribution in [0.3, 0.4) is 0 Å². The number of carbonyl (C=O) groups excluding carboxylic acids is 2. The number of cyclic esters (lactones) is 1. The molecule has 1 amide bonds. The van der Waals surface area contributed by atoms with Gasteiger partial charge in [0.25, 0.3) is 0 Å². The number of amides is 1. The Morgan fingerprint density at radius 3 is 2.35 bits per heavy atom. The van der Waals surface area contributed by atoms with E-state index >= 15 is 0 Å². The van der Waals surface area contributed by atoms with Crippen LogP contribution in [0.4, 0.5) is 18.0 Å². The highest BCUT2D eigenvalue weighted by atomic mass is 19.4. The van der Waals surface area contributed by atoms with Crippen LogP contribution in [-0.4, -0.2) is 23.3 Å². The van der Waals surface area contributed by atoms with Gasteiger partial charge >= 0.3 is 12.3 Å². The molecule has 0 bridgehead atoms. The van der Waals surface area contributed by atoms with Crippen LogP contribution < -0.4 is 0 Å². The first-order valence-corrected chi connectivity index (χ1v) is 7.76. The van der Waals surface area contributed by atoms with Gasteiger partial charge in [-0.3, -0.25) is 9.69 Å². The second-order valence-electron chi connectivity index (χ2n) is 5.76. The molecule has 0 unspecified atom stereocenters. The van der Waals surface area contributed by atoms with E-state index in [4.69, 9.17) is 4.74 Å². The zero-order valence-corrected chi connectivity index (χ0v) is 13.5. The van der Waals surface area contributed by atoms with Gasteiger partial charge in [-0.15, -0.1) is 0 Å². The maximum absolute atomic E-state index is 12.6. The quantitative estimate of drug-likeness (QED) is 0.598. The first-order valence-electron chi connectivity index (χ1n) is 7.76. The van der Waals surface area contributed by atoms with Crippen molar-refractivity contribution in [1.29, 1.82) is 0 Å². The lowest BCUT2D eigenvalue weighted by atomic mass is 10.1. The van der Waals surface area contributed by atoms with Crippen molar-refractivity contribution in [2.45, 2.75) is 12.7 Å². The van der Waals surface area contributed by atoms with Gasteiger partial charge in [0.1, 0.15) is 5.76 Å². The van der Waals surface area contributed by atoms with Crippen LogP contribution in [0.5, 0.6) is 0 Å². The average Bonchev–Trinajstić information content (AvgIpc) is 2.94. The number of hydrogen-bond donors (Lipinski definition) is 0. The number of nitrogens with zero attached hydrogens (tertiary/aromatic N) is 1. The van der Waals surface area contributed by atoms with Crippen molar-refractivity contribution in [2.24, 2.45) is 0 Å². The molecule has 2 aromatic carbocycles. The van der Waals surface area contributed by atoms with Crippen LogP contribution in [-0.2, 0) is 17.5 Å². The predicted molar refractivity (Wildman–Crippen MR) is 87.2 cm³/mol. The van der Waals surface area contributed by atoms with E-state index in [-0.39, 0.29) is 24.6 Å². The summed E-state index contributed by atoms with van der Waals surface area (Å²) in [6.45, 7) is 0.173. The summed E-state index contributed by atoms with van der Waals surface area (Å²) in [5.41, 5.74) is 0.252. The van der Waals surface area contributed by atoms with E-state index in [1.165, 1.54) is 23.1 Å². The Bertz CT molecular complexity index is 843. The summed E-state index contributed by atoms with van der Waals surface area (Å²) in [7, 11) is 0. The summed E-state index contributed by atoms with van der Waals surface area (Å²) in [5, 5.41) is 0. The van der Waals surface area contributed by atoms with Crippen molar-refractivity contribution in [3.05, 3.63) is 83.1 Å². The van der Waals surface area contributed by atoms with Crippen molar-refractivity contribution in [3.8, 4) is 0 Å². The Balaban J connectivity index is 1.66. The number of allylic oxidation sites excluding steroid dienone is 1. The molecule has 26 heavy (non-hydrogen) atoms. The van der Waals surface area contributed by atoms with Gasteiger partial charge in [-0.1, -0.05) is 42.5 Å². The molecule has 0 atom stereocenters. The van der Waals surface area contributed by atoms with E-state index < -0.39 is 17.8 Å². The van der Waals surface area contributed by atoms with Crippen LogP contribution in [0, 0.1) is 0 Å². The largest absolute Gasteiger partial charge is 0.416 e. The van der Waals surface area contributed by atoms with E-state index in [1.807, 2.05) is 0 Å². The second kappa shape index (κ2) is 7.03. The third kappa shape index (κ3) is 4.11. The number of halogens is 3. The maximum Gasteiger partial charge on any atom is 0.416 e. The molecular formula is C19H14F3NO3. The minimum atomic E-state index is -4.40. The number of benzene rings is 2. The summed E-state index contributed by atoms with van der Waals surface area (Å²) in [6.07, 6.45) is -3.80. The molecule has 3 rings (SSSR count). The standard InChI is InChI=1S/C19H14F3NO3/c20-19(21,22)15-8-6-13(7-9-15)11-23-12-16(26-18(23)25)10-17(24)14-4-2-1-3-5-14/h1-10H,11-12H2/b16-10+. The zero-order valence-electron chi connectivity index (χ0n) is 13.5. The molecule has 134 valence electrons. The second-order valence-corrected chi connectivity index (χ2v) is 5.76. The van der Waals surface area contributed by atoms with Crippen molar-refractivity contribution < 1.29 is 27.5 Å². The SMILES string of the molecule is O=C(/C=C1\CN(Cc2ccc(C(F)(F)F)cc2)C(=O)O1)c1ccccc1. The number of alkyl halides is 3. The maximum atomic E-state index is 12.6. The van der Waals surface area contributed by atoms with Crippen LogP contribution in [0.25, 0.3) is 0 Å². The van der Waals surface area contributed by atoms with Crippen LogP contribution >= 0.6 is 0 Å². The van der Waals surface area contributed by atoms with Gasteiger partial charge in [0.05, 0.1) is 12.1 Å². The molecule has 0 spiro atoms. The zero-order chi connectivity index (χ0) is 18.7. The van der Waals surface area contributed by atoms with Gasteiger partial charge in [-0.25, -0.2) is 4.79 Å². The Labute approximate surface area is 147 Å². The fourth-order valence-corrected chi connectivity index (χ4v) is 2.51. The minimum absolute atomic E-state index is 0.0818. The molecule has 1 saturated heterocycles. The lowest BCUT2D eigenvalue weighted by molar-refractivity contribution is -0.137. The molecule has 2 aromatic rings. The highest BCUT2D eigenvalue weighted by Gasteiger charge is 2.31. The molecule has 0 N–H and O–H groups in total. The van der Waals surface area contributed by atoms with E-state index in [2.05, 4.69) is 0 Å². The number of ether oxygens (including phenoxy) is 1. The average molecular weight is 361 g/mol. The third-order valence-corrected chi connectivity index (χ3v) is 3.83. The normalized spacial score (nSPS) is 16.0. The third-order valence-electron chi connectivity index (χ3n) is 3.83. The smallest absolute Gasteiger partial charge is 0.413 e. The fourth-order valence-electron chi connectivity index (χ4n) is 2.51. The Kier molecular flexibility index (Phi) is 4.79. The minimum Gasteiger partial charge on any atom is -0.413 e. The number of carbonyl (C=O) groups is 2. The molecule has 7 heteroatoms. The number of hydrogen-bond acceptors (Lipinski definition) is 3. The molecular weight excluding hydrogens is 347 g/mol. The Hall–Kier alpha value is -3.09. The first kappa shape index (κ1) is 17.7. The van der Waals surface area contributed by atoms with Crippen molar-refractivity contribution >= 4 is 11.9 Å². The molecule has 0 aliphatic carbocycles. The summed E-state index contributed by atoms with van der Waals surface area (Å²) < 4.78 is 42.8. The van der Waals surface area contributed by atoms with Crippen LogP contribution in [0.15, 0.2) is 66.4 Å². The monoisotopic (exact) mass is 361 g/mol. The fraction of sp³-hybridized carbons (Fsp3) is 0.158. The summed E-state index contributed by atoms with van der Waals surface area (Å²) in [4.78, 5) is 25.3. The van der Waals surface area contributed by atoms with E-state index in [0.29, 0.717) is 11.1 Å². The van der Waals surface area contributed by atoms with Crippen molar-refractivity contribution in [2.75, 3.05) is 6.54 Å². The summed E-state index contributed by atoms with van der Waals surface area (Å²) >= 11 is 0. The Morgan fingerprint density at radius 2 is 1.73 bits per heavy atom. The van der Waals surface area contributed by atoms with E-state index in [1.54, 1.807) is 30.3 Å². The molecule has 1 heterocycles. The lowest BCUT2D eigenvalue weighted by Crippen LogP contribution is -2.23. The number of rotatable bonds is 4. The van der Waals surface area contributed by atoms with Gasteiger partial charge in [0, 0.05) is 18.2 Å². The molecule has 1 aliphatic rings. The van der Waals surface area contributed by atoms with Crippen molar-refractivity contribution in [3.63, 3.8) is 0 Å².